The molecule has 0 aromatic heterocycles. The number of rotatable bonds is 5. The van der Waals surface area contributed by atoms with Gasteiger partial charge in [0.1, 0.15) is 6.61 Å². The second-order valence-corrected chi connectivity index (χ2v) is 6.11. The van der Waals surface area contributed by atoms with Gasteiger partial charge in [0.25, 0.3) is 17.5 Å². The van der Waals surface area contributed by atoms with Crippen LogP contribution in [-0.2, 0) is 14.3 Å². The third-order valence-electron chi connectivity index (χ3n) is 4.03. The van der Waals surface area contributed by atoms with Crippen LogP contribution >= 0.6 is 0 Å². The van der Waals surface area contributed by atoms with E-state index in [1.54, 1.807) is 24.3 Å². The van der Waals surface area contributed by atoms with E-state index in [1.165, 1.54) is 25.1 Å². The van der Waals surface area contributed by atoms with Crippen molar-refractivity contribution in [2.45, 2.75) is 13.0 Å². The van der Waals surface area contributed by atoms with Crippen LogP contribution in [0, 0.1) is 17.0 Å². The monoisotopic (exact) mass is 400 g/mol. The smallest absolute Gasteiger partial charge is 0.338 e. The summed E-state index contributed by atoms with van der Waals surface area (Å²) in [7, 11) is 0. The lowest BCUT2D eigenvalue weighted by Gasteiger charge is -2.25. The van der Waals surface area contributed by atoms with Crippen LogP contribution in [0.25, 0.3) is 0 Å². The average molecular weight is 400 g/mol. The van der Waals surface area contributed by atoms with Gasteiger partial charge in [-0.15, -0.1) is 0 Å². The van der Waals surface area contributed by atoms with E-state index in [4.69, 9.17) is 14.2 Å². The maximum Gasteiger partial charge on any atom is 0.338 e. The maximum absolute atomic E-state index is 12.1. The van der Waals surface area contributed by atoms with Crippen molar-refractivity contribution in [3.63, 3.8) is 0 Å². The van der Waals surface area contributed by atoms with Crippen LogP contribution in [0.2, 0.25) is 0 Å². The summed E-state index contributed by atoms with van der Waals surface area (Å²) in [6.07, 6.45) is -1.03. The number of nitrogens with one attached hydrogen (secondary N) is 1. The number of nitrogens with zero attached hydrogens (tertiary/aromatic N) is 1. The van der Waals surface area contributed by atoms with Crippen LogP contribution < -0.4 is 14.8 Å². The zero-order valence-corrected chi connectivity index (χ0v) is 15.2. The third-order valence-corrected chi connectivity index (χ3v) is 4.03. The molecule has 2 aromatic carbocycles. The molecule has 10 nitrogen and oxygen atoms in total. The van der Waals surface area contributed by atoms with Gasteiger partial charge in [0.2, 0.25) is 6.10 Å². The first-order valence-electron chi connectivity index (χ1n) is 8.49. The number of para-hydroxylation sites is 2. The average Bonchev–Trinajstić information content (AvgIpc) is 2.71. The number of benzene rings is 2. The van der Waals surface area contributed by atoms with Crippen LogP contribution in [0.1, 0.15) is 15.9 Å². The summed E-state index contributed by atoms with van der Waals surface area (Å²) in [6.45, 7) is 0.702. The molecule has 1 aliphatic heterocycles. The number of amides is 2. The summed E-state index contributed by atoms with van der Waals surface area (Å²) in [4.78, 5) is 46.3. The summed E-state index contributed by atoms with van der Waals surface area (Å²) < 4.78 is 15.7. The molecule has 0 saturated carbocycles. The molecule has 0 fully saturated rings. The van der Waals surface area contributed by atoms with E-state index in [0.717, 1.165) is 0 Å². The number of fused-ring (bicyclic) bond motifs is 1. The quantitative estimate of drug-likeness (QED) is 0.454. The molecule has 0 bridgehead atoms. The predicted molar refractivity (Wildman–Crippen MR) is 97.6 cm³/mol. The molecule has 29 heavy (non-hydrogen) atoms. The number of esters is 1. The molecule has 0 aliphatic carbocycles. The van der Waals surface area contributed by atoms with Crippen LogP contribution in [0.3, 0.4) is 0 Å². The first-order valence-corrected chi connectivity index (χ1v) is 8.49. The van der Waals surface area contributed by atoms with Crippen molar-refractivity contribution < 1.29 is 33.5 Å². The molecule has 0 spiro atoms. The highest BCUT2D eigenvalue weighted by molar-refractivity contribution is 5.99. The molecule has 3 rings (SSSR count). The van der Waals surface area contributed by atoms with Crippen LogP contribution in [0.15, 0.2) is 42.5 Å². The number of ether oxygens (including phenoxy) is 3. The second-order valence-electron chi connectivity index (χ2n) is 6.11. The molecule has 2 amide bonds. The van der Waals surface area contributed by atoms with E-state index in [-0.39, 0.29) is 23.4 Å². The third kappa shape index (κ3) is 4.67. The van der Waals surface area contributed by atoms with Crippen LogP contribution in [0.5, 0.6) is 11.5 Å². The minimum Gasteiger partial charge on any atom is -0.485 e. The van der Waals surface area contributed by atoms with Crippen molar-refractivity contribution in [2.75, 3.05) is 13.2 Å². The van der Waals surface area contributed by atoms with Crippen molar-refractivity contribution in [2.24, 2.45) is 0 Å². The maximum atomic E-state index is 12.1. The molecule has 1 heterocycles. The fraction of sp³-hybridized carbons (Fsp3) is 0.211. The van der Waals surface area contributed by atoms with Crippen molar-refractivity contribution >= 4 is 23.5 Å². The molecule has 150 valence electrons. The number of aryl methyl sites for hydroxylation is 1. The van der Waals surface area contributed by atoms with E-state index in [2.05, 4.69) is 5.32 Å². The van der Waals surface area contributed by atoms with Crippen LogP contribution in [-0.4, -0.2) is 42.0 Å². The van der Waals surface area contributed by atoms with Crippen molar-refractivity contribution in [1.82, 2.24) is 5.32 Å². The molecule has 1 atom stereocenters. The van der Waals surface area contributed by atoms with Gasteiger partial charge in [0, 0.05) is 11.6 Å². The molecular weight excluding hydrogens is 384 g/mol. The number of imide groups is 1. The Labute approximate surface area is 164 Å². The van der Waals surface area contributed by atoms with Crippen molar-refractivity contribution in [3.8, 4) is 11.5 Å². The van der Waals surface area contributed by atoms with Gasteiger partial charge in [0.05, 0.1) is 10.5 Å². The number of carbonyl (C=O) groups excluding carboxylic acids is 3. The first-order chi connectivity index (χ1) is 13.8. The molecule has 0 unspecified atom stereocenters. The van der Waals surface area contributed by atoms with E-state index in [1.807, 2.05) is 0 Å². The fourth-order valence-electron chi connectivity index (χ4n) is 2.60. The fourth-order valence-corrected chi connectivity index (χ4v) is 2.60. The number of nitro groups is 1. The summed E-state index contributed by atoms with van der Waals surface area (Å²) in [5.41, 5.74) is 0.188. The second kappa shape index (κ2) is 8.38. The van der Waals surface area contributed by atoms with Gasteiger partial charge in [-0.05, 0) is 31.2 Å². The van der Waals surface area contributed by atoms with Gasteiger partial charge in [-0.1, -0.05) is 12.1 Å². The summed E-state index contributed by atoms with van der Waals surface area (Å²) in [5.74, 6) is -1.55. The zero-order valence-electron chi connectivity index (χ0n) is 15.2. The highest BCUT2D eigenvalue weighted by Gasteiger charge is 2.28. The van der Waals surface area contributed by atoms with E-state index < -0.39 is 35.4 Å². The predicted octanol–water partition coefficient (Wildman–Crippen LogP) is 1.54. The number of hydrogen-bond acceptors (Lipinski definition) is 8. The van der Waals surface area contributed by atoms with Gasteiger partial charge >= 0.3 is 5.97 Å². The van der Waals surface area contributed by atoms with Gasteiger partial charge in [-0.2, -0.15) is 0 Å². The lowest BCUT2D eigenvalue weighted by atomic mass is 10.1. The molecule has 0 saturated heterocycles. The Kier molecular flexibility index (Phi) is 5.72. The Morgan fingerprint density at radius 3 is 2.62 bits per heavy atom. The van der Waals surface area contributed by atoms with Gasteiger partial charge < -0.3 is 14.2 Å². The number of carbonyl (C=O) groups is 3. The van der Waals surface area contributed by atoms with Gasteiger partial charge in [-0.3, -0.25) is 25.0 Å². The Balaban J connectivity index is 1.51. The Morgan fingerprint density at radius 1 is 1.21 bits per heavy atom. The molecule has 2 aromatic rings. The Bertz CT molecular complexity index is 988. The number of hydrogen-bond donors (Lipinski definition) is 1. The lowest BCUT2D eigenvalue weighted by molar-refractivity contribution is -0.385. The van der Waals surface area contributed by atoms with Crippen LogP contribution in [0.4, 0.5) is 5.69 Å². The minimum atomic E-state index is -1.03. The zero-order chi connectivity index (χ0) is 21.0. The van der Waals surface area contributed by atoms with Gasteiger partial charge in [-0.25, -0.2) is 4.79 Å². The standard InChI is InChI=1S/C19H16N2O8/c1-11-8-12(6-7-13(11)21(25)26)19(24)28-10-17(22)20-18(23)16-9-27-14-4-2-3-5-15(14)29-16/h2-8,16H,9-10H2,1H3,(H,20,22,23)/t16-/m1/s1. The lowest BCUT2D eigenvalue weighted by Crippen LogP contribution is -2.47. The van der Waals surface area contributed by atoms with Crippen molar-refractivity contribution in [1.29, 1.82) is 0 Å². The molecule has 1 aliphatic rings. The van der Waals surface area contributed by atoms with E-state index in [9.17, 15) is 24.5 Å². The highest BCUT2D eigenvalue weighted by atomic mass is 16.6. The Hall–Kier alpha value is -3.95. The normalized spacial score (nSPS) is 14.6. The molecule has 1 N–H and O–H groups in total. The van der Waals surface area contributed by atoms with Crippen molar-refractivity contribution in [3.05, 3.63) is 63.7 Å². The molecule has 10 heteroatoms. The van der Waals surface area contributed by atoms with E-state index in [0.29, 0.717) is 11.5 Å². The highest BCUT2D eigenvalue weighted by Crippen LogP contribution is 2.30. The van der Waals surface area contributed by atoms with Gasteiger partial charge in [0.15, 0.2) is 18.1 Å². The molecule has 0 radical (unpaired) electrons. The van der Waals surface area contributed by atoms with E-state index >= 15 is 0 Å². The largest absolute Gasteiger partial charge is 0.485 e. The Morgan fingerprint density at radius 2 is 1.93 bits per heavy atom. The minimum absolute atomic E-state index is 0.0489. The number of nitro benzene ring substituents is 1. The summed E-state index contributed by atoms with van der Waals surface area (Å²) in [6, 6.07) is 10.5. The topological polar surface area (TPSA) is 134 Å². The molecular formula is C19H16N2O8. The SMILES string of the molecule is Cc1cc(C(=O)OCC(=O)NC(=O)[C@H]2COc3ccccc3O2)ccc1[N+](=O)[O-]. The summed E-state index contributed by atoms with van der Waals surface area (Å²) in [5, 5.41) is 12.9. The summed E-state index contributed by atoms with van der Waals surface area (Å²) >= 11 is 0. The first kappa shape index (κ1) is 19.8.